The van der Waals surface area contributed by atoms with Crippen molar-refractivity contribution >= 4 is 12.4 Å². The van der Waals surface area contributed by atoms with Crippen LogP contribution in [-0.2, 0) is 6.18 Å². The minimum absolute atomic E-state index is 0.0634. The lowest BCUT2D eigenvalue weighted by Crippen LogP contribution is -2.24. The quantitative estimate of drug-likeness (QED) is 0.524. The number of halogens is 3. The molecule has 0 saturated heterocycles. The fraction of sp³-hybridized carbons (Fsp3) is 0.273. The molecule has 1 unspecified atom stereocenters. The highest BCUT2D eigenvalue weighted by Gasteiger charge is 2.38. The number of hydrogen-bond acceptors (Lipinski definition) is 5. The molecule has 0 saturated carbocycles. The van der Waals surface area contributed by atoms with Crippen molar-refractivity contribution in [2.24, 2.45) is 10.9 Å². The minimum atomic E-state index is -4.62. The number of nitrogens with zero attached hydrogens (tertiary/aromatic N) is 5. The molecule has 0 aliphatic rings. The standard InChI is InChI=1S/C22H23F3N6/c1-14(2)20(15-8-6-5-7-9-15)31(4)13-18(26-3)17-12-16(10-11-27-17)19-21(22(23,24)25)29-30-28-19/h5-14,20H,3H2,1-2,4H3,(H,28,29,30)/b18-13-. The average Bonchev–Trinajstić information content (AvgIpc) is 3.23. The van der Waals surface area contributed by atoms with Crippen LogP contribution in [0.2, 0.25) is 0 Å². The van der Waals surface area contributed by atoms with Crippen molar-refractivity contribution < 1.29 is 13.2 Å². The third kappa shape index (κ3) is 4.99. The summed E-state index contributed by atoms with van der Waals surface area (Å²) in [6.45, 7) is 7.85. The molecule has 0 radical (unpaired) electrons. The summed E-state index contributed by atoms with van der Waals surface area (Å²) in [5.41, 5.74) is 0.805. The van der Waals surface area contributed by atoms with Gasteiger partial charge < -0.3 is 4.90 Å². The molecule has 0 bridgehead atoms. The fourth-order valence-corrected chi connectivity index (χ4v) is 3.55. The fourth-order valence-electron chi connectivity index (χ4n) is 3.55. The summed E-state index contributed by atoms with van der Waals surface area (Å²) >= 11 is 0. The van der Waals surface area contributed by atoms with Crippen LogP contribution in [-0.4, -0.2) is 39.1 Å². The molecule has 3 rings (SSSR count). The summed E-state index contributed by atoms with van der Waals surface area (Å²) in [5.74, 6) is 0.290. The molecule has 1 aromatic carbocycles. The van der Waals surface area contributed by atoms with Crippen LogP contribution < -0.4 is 0 Å². The molecule has 0 spiro atoms. The van der Waals surface area contributed by atoms with Crippen molar-refractivity contribution in [2.45, 2.75) is 26.1 Å². The minimum Gasteiger partial charge on any atom is -0.371 e. The summed E-state index contributed by atoms with van der Waals surface area (Å²) in [6, 6.07) is 13.0. The molecule has 0 aliphatic heterocycles. The van der Waals surface area contributed by atoms with Gasteiger partial charge in [0, 0.05) is 25.0 Å². The van der Waals surface area contributed by atoms with Gasteiger partial charge in [0.15, 0.2) is 5.69 Å². The number of rotatable bonds is 7. The lowest BCUT2D eigenvalue weighted by Gasteiger charge is -2.31. The zero-order chi connectivity index (χ0) is 22.6. The number of pyridine rings is 1. The van der Waals surface area contributed by atoms with E-state index >= 15 is 0 Å². The summed E-state index contributed by atoms with van der Waals surface area (Å²) < 4.78 is 39.6. The van der Waals surface area contributed by atoms with Crippen molar-refractivity contribution in [1.29, 1.82) is 0 Å². The summed E-state index contributed by atoms with van der Waals surface area (Å²) in [4.78, 5) is 10.4. The zero-order valence-electron chi connectivity index (χ0n) is 17.4. The Balaban J connectivity index is 1.98. The van der Waals surface area contributed by atoms with E-state index in [1.807, 2.05) is 35.4 Å². The number of aromatic nitrogens is 4. The highest BCUT2D eigenvalue weighted by molar-refractivity contribution is 5.70. The highest BCUT2D eigenvalue weighted by atomic mass is 19.4. The van der Waals surface area contributed by atoms with Gasteiger partial charge in [-0.3, -0.25) is 9.98 Å². The van der Waals surface area contributed by atoms with Gasteiger partial charge in [-0.25, -0.2) is 0 Å². The molecule has 1 N–H and O–H groups in total. The molecule has 9 heteroatoms. The first-order valence-electron chi connectivity index (χ1n) is 9.62. The maximum Gasteiger partial charge on any atom is 0.437 e. The molecule has 0 amide bonds. The molecule has 1 atom stereocenters. The van der Waals surface area contributed by atoms with Crippen molar-refractivity contribution in [3.05, 3.63) is 71.8 Å². The maximum absolute atomic E-state index is 13.2. The molecule has 6 nitrogen and oxygen atoms in total. The number of aliphatic imine (C=N–C) groups is 1. The van der Waals surface area contributed by atoms with E-state index in [2.05, 4.69) is 52.9 Å². The number of nitrogens with one attached hydrogen (secondary N) is 1. The van der Waals surface area contributed by atoms with Crippen LogP contribution in [0.1, 0.15) is 36.8 Å². The molecule has 162 valence electrons. The Morgan fingerprint density at radius 1 is 1.16 bits per heavy atom. The zero-order valence-corrected chi connectivity index (χ0v) is 17.4. The summed E-state index contributed by atoms with van der Waals surface area (Å²) in [7, 11) is 1.92. The van der Waals surface area contributed by atoms with E-state index in [4.69, 9.17) is 0 Å². The topological polar surface area (TPSA) is 70.1 Å². The van der Waals surface area contributed by atoms with Gasteiger partial charge in [0.1, 0.15) is 11.4 Å². The Kier molecular flexibility index (Phi) is 6.53. The number of H-pyrrole nitrogens is 1. The van der Waals surface area contributed by atoms with Crippen LogP contribution in [0.4, 0.5) is 13.2 Å². The summed E-state index contributed by atoms with van der Waals surface area (Å²) in [6.07, 6.45) is -1.42. The van der Waals surface area contributed by atoms with Crippen LogP contribution in [0, 0.1) is 5.92 Å². The molecule has 2 heterocycles. The first kappa shape index (κ1) is 22.2. The second kappa shape index (κ2) is 9.11. The van der Waals surface area contributed by atoms with Gasteiger partial charge in [-0.15, -0.1) is 0 Å². The maximum atomic E-state index is 13.2. The van der Waals surface area contributed by atoms with Crippen molar-refractivity contribution in [1.82, 2.24) is 25.3 Å². The van der Waals surface area contributed by atoms with E-state index in [0.29, 0.717) is 17.3 Å². The van der Waals surface area contributed by atoms with Crippen LogP contribution in [0.5, 0.6) is 0 Å². The lowest BCUT2D eigenvalue weighted by atomic mass is 9.95. The van der Waals surface area contributed by atoms with E-state index < -0.39 is 11.9 Å². The molecule has 0 fully saturated rings. The van der Waals surface area contributed by atoms with E-state index in [1.54, 1.807) is 6.20 Å². The molecule has 31 heavy (non-hydrogen) atoms. The Hall–Kier alpha value is -3.49. The van der Waals surface area contributed by atoms with Gasteiger partial charge in [-0.2, -0.15) is 28.6 Å². The van der Waals surface area contributed by atoms with E-state index in [-0.39, 0.29) is 17.3 Å². The van der Waals surface area contributed by atoms with E-state index in [9.17, 15) is 13.2 Å². The van der Waals surface area contributed by atoms with Crippen LogP contribution in [0.3, 0.4) is 0 Å². The van der Waals surface area contributed by atoms with Crippen molar-refractivity contribution in [3.63, 3.8) is 0 Å². The Labute approximate surface area is 178 Å². The number of hydrogen-bond donors (Lipinski definition) is 1. The average molecular weight is 428 g/mol. The summed E-state index contributed by atoms with van der Waals surface area (Å²) in [5, 5.41) is 8.96. The Morgan fingerprint density at radius 2 is 1.87 bits per heavy atom. The van der Waals surface area contributed by atoms with Gasteiger partial charge in [0.05, 0.1) is 11.7 Å². The van der Waals surface area contributed by atoms with Crippen LogP contribution in [0.15, 0.2) is 59.9 Å². The van der Waals surface area contributed by atoms with E-state index in [0.717, 1.165) is 5.56 Å². The first-order valence-corrected chi connectivity index (χ1v) is 9.62. The number of aromatic amines is 1. The van der Waals surface area contributed by atoms with Crippen LogP contribution >= 0.6 is 0 Å². The van der Waals surface area contributed by atoms with Gasteiger partial charge in [-0.1, -0.05) is 44.2 Å². The van der Waals surface area contributed by atoms with Gasteiger partial charge in [0.25, 0.3) is 0 Å². The second-order valence-corrected chi connectivity index (χ2v) is 7.39. The number of alkyl halides is 3. The molecular formula is C22H23F3N6. The predicted molar refractivity (Wildman–Crippen MR) is 114 cm³/mol. The smallest absolute Gasteiger partial charge is 0.371 e. The highest BCUT2D eigenvalue weighted by Crippen LogP contribution is 2.35. The molecule has 0 aliphatic carbocycles. The first-order chi connectivity index (χ1) is 14.7. The Bertz CT molecular complexity index is 1060. The normalized spacial score (nSPS) is 13.3. The SMILES string of the molecule is C=N/C(=C\N(C)C(c1ccccc1)C(C)C)c1cc(-c2n[nH]nc2C(F)(F)F)ccn1. The third-order valence-electron chi connectivity index (χ3n) is 4.82. The lowest BCUT2D eigenvalue weighted by molar-refractivity contribution is -0.140. The monoisotopic (exact) mass is 428 g/mol. The second-order valence-electron chi connectivity index (χ2n) is 7.39. The Morgan fingerprint density at radius 3 is 2.48 bits per heavy atom. The largest absolute Gasteiger partial charge is 0.437 e. The van der Waals surface area contributed by atoms with Crippen molar-refractivity contribution in [2.75, 3.05) is 7.05 Å². The third-order valence-corrected chi connectivity index (χ3v) is 4.82. The van der Waals surface area contributed by atoms with Gasteiger partial charge in [0.2, 0.25) is 0 Å². The van der Waals surface area contributed by atoms with Gasteiger partial charge >= 0.3 is 6.18 Å². The van der Waals surface area contributed by atoms with Gasteiger partial charge in [-0.05, 0) is 30.3 Å². The predicted octanol–water partition coefficient (Wildman–Crippen LogP) is 5.21. The number of benzene rings is 1. The van der Waals surface area contributed by atoms with Crippen molar-refractivity contribution in [3.8, 4) is 11.3 Å². The molecule has 2 aromatic heterocycles. The molecule has 3 aromatic rings. The van der Waals surface area contributed by atoms with Crippen LogP contribution in [0.25, 0.3) is 17.0 Å². The molecular weight excluding hydrogens is 405 g/mol. The van der Waals surface area contributed by atoms with E-state index in [1.165, 1.54) is 18.3 Å².